The van der Waals surface area contributed by atoms with Crippen molar-refractivity contribution in [3.63, 3.8) is 0 Å². The number of hydrogen-bond acceptors (Lipinski definition) is 8. The van der Waals surface area contributed by atoms with Crippen LogP contribution in [0, 0.1) is 30.0 Å². The predicted molar refractivity (Wildman–Crippen MR) is 221 cm³/mol. The molecule has 2 aromatic heterocycles. The van der Waals surface area contributed by atoms with E-state index >= 15 is 8.78 Å². The third-order valence-corrected chi connectivity index (χ3v) is 18.2. The Labute approximate surface area is 334 Å². The summed E-state index contributed by atoms with van der Waals surface area (Å²) in [6, 6.07) is 5.50. The molecular weight excluding hydrogens is 754 g/mol. The summed E-state index contributed by atoms with van der Waals surface area (Å²) in [6.45, 7) is 20.8. The number of aliphatic hydroxyl groups is 1. The molecule has 4 aromatic rings. The lowest BCUT2D eigenvalue weighted by molar-refractivity contribution is 0.00605. The Hall–Kier alpha value is -4.02. The van der Waals surface area contributed by atoms with E-state index in [-0.39, 0.29) is 41.2 Å². The summed E-state index contributed by atoms with van der Waals surface area (Å²) in [5.74, 6) is 2.91. The van der Waals surface area contributed by atoms with Crippen molar-refractivity contribution in [2.45, 2.75) is 116 Å². The molecule has 6 rings (SSSR count). The zero-order valence-corrected chi connectivity index (χ0v) is 35.9. The summed E-state index contributed by atoms with van der Waals surface area (Å²) < 4.78 is 50.3. The minimum absolute atomic E-state index is 0.0272. The number of pyridine rings is 2. The molecule has 0 spiro atoms. The first-order valence-corrected chi connectivity index (χ1v) is 21.9. The van der Waals surface area contributed by atoms with Gasteiger partial charge in [0, 0.05) is 48.1 Å². The monoisotopic (exact) mass is 806 g/mol. The molecule has 4 heterocycles. The minimum Gasteiger partial charge on any atom is -0.468 e. The zero-order chi connectivity index (χ0) is 41.0. The van der Waals surface area contributed by atoms with Crippen LogP contribution in [-0.4, -0.2) is 84.9 Å². The number of methoxy groups -OCH3 is 1. The first-order valence-electron chi connectivity index (χ1n) is 19.3. The SMILES string of the molecule is COCOc1cc(-c2ncc3c(N4C[C@H]5C[C@@H](O)[C@@H](C4)N5C(=O)OC(C)(C)C)nc(Cl)c(C)c3c2F)c2c(C#C[Si](C(C)C)(C(C)C)C(C)C)c(F)ccc2c1. The number of aromatic nitrogens is 2. The maximum atomic E-state index is 17.5. The number of rotatable bonds is 8. The Bertz CT molecular complexity index is 2210. The summed E-state index contributed by atoms with van der Waals surface area (Å²) in [7, 11) is -0.785. The number of halogens is 3. The van der Waals surface area contributed by atoms with E-state index in [1.165, 1.54) is 13.2 Å². The number of aryl methyl sites for hydroxylation is 1. The van der Waals surface area contributed by atoms with Gasteiger partial charge >= 0.3 is 6.09 Å². The summed E-state index contributed by atoms with van der Waals surface area (Å²) in [5.41, 5.74) is 4.76. The van der Waals surface area contributed by atoms with Crippen molar-refractivity contribution in [2.24, 2.45) is 0 Å². The molecule has 2 aromatic carbocycles. The molecule has 13 heteroatoms. The van der Waals surface area contributed by atoms with Crippen molar-refractivity contribution in [3.8, 4) is 28.5 Å². The van der Waals surface area contributed by atoms with Crippen LogP contribution in [0.25, 0.3) is 32.8 Å². The van der Waals surface area contributed by atoms with Gasteiger partial charge in [0.05, 0.1) is 23.8 Å². The summed E-state index contributed by atoms with van der Waals surface area (Å²) in [4.78, 5) is 26.2. The van der Waals surface area contributed by atoms with Gasteiger partial charge in [-0.2, -0.15) is 0 Å². The lowest BCUT2D eigenvalue weighted by atomic mass is 9.95. The fraction of sp³-hybridized carbons (Fsp3) is 0.512. The van der Waals surface area contributed by atoms with Gasteiger partial charge in [0.15, 0.2) is 12.6 Å². The van der Waals surface area contributed by atoms with E-state index in [0.717, 1.165) is 0 Å². The second kappa shape index (κ2) is 15.7. The van der Waals surface area contributed by atoms with E-state index in [0.29, 0.717) is 68.4 Å². The van der Waals surface area contributed by atoms with Gasteiger partial charge in [0.1, 0.15) is 41.9 Å². The Balaban J connectivity index is 1.54. The van der Waals surface area contributed by atoms with Crippen LogP contribution in [0.2, 0.25) is 21.8 Å². The number of benzene rings is 2. The molecule has 2 aliphatic heterocycles. The topological polar surface area (TPSA) is 97.3 Å². The lowest BCUT2D eigenvalue weighted by Crippen LogP contribution is -2.58. The Morgan fingerprint density at radius 1 is 1.07 bits per heavy atom. The summed E-state index contributed by atoms with van der Waals surface area (Å²) >= 11 is 6.78. The Morgan fingerprint density at radius 3 is 2.36 bits per heavy atom. The molecule has 2 saturated heterocycles. The van der Waals surface area contributed by atoms with Crippen molar-refractivity contribution in [1.82, 2.24) is 14.9 Å². The van der Waals surface area contributed by atoms with Gasteiger partial charge in [-0.1, -0.05) is 65.1 Å². The predicted octanol–water partition coefficient (Wildman–Crippen LogP) is 9.80. The van der Waals surface area contributed by atoms with Crippen molar-refractivity contribution < 1.29 is 32.9 Å². The molecule has 56 heavy (non-hydrogen) atoms. The van der Waals surface area contributed by atoms with Gasteiger partial charge in [-0.05, 0) is 79.9 Å². The van der Waals surface area contributed by atoms with E-state index in [1.54, 1.807) is 57.0 Å². The highest BCUT2D eigenvalue weighted by Crippen LogP contribution is 2.44. The molecule has 1 N–H and O–H groups in total. The van der Waals surface area contributed by atoms with E-state index in [1.807, 2.05) is 4.90 Å². The molecular formula is C43H53ClF2N4O5Si. The van der Waals surface area contributed by atoms with Gasteiger partial charge in [-0.3, -0.25) is 9.88 Å². The largest absolute Gasteiger partial charge is 0.468 e. The first-order chi connectivity index (χ1) is 26.3. The number of ether oxygens (including phenoxy) is 3. The van der Waals surface area contributed by atoms with Crippen molar-refractivity contribution >= 4 is 53.1 Å². The normalized spacial score (nSPS) is 18.7. The third kappa shape index (κ3) is 7.44. The first kappa shape index (κ1) is 41.6. The van der Waals surface area contributed by atoms with Gasteiger partial charge in [0.2, 0.25) is 0 Å². The summed E-state index contributed by atoms with van der Waals surface area (Å²) in [6.07, 6.45) is 0.654. The molecule has 1 amide bonds. The van der Waals surface area contributed by atoms with Gasteiger partial charge < -0.3 is 24.2 Å². The van der Waals surface area contributed by atoms with Crippen molar-refractivity contribution in [3.05, 3.63) is 58.4 Å². The number of nitrogens with zero attached hydrogens (tertiary/aromatic N) is 4. The molecule has 0 radical (unpaired) electrons. The average molecular weight is 807 g/mol. The fourth-order valence-electron chi connectivity index (χ4n) is 9.03. The van der Waals surface area contributed by atoms with Crippen LogP contribution in [0.4, 0.5) is 19.4 Å². The smallest absolute Gasteiger partial charge is 0.411 e. The minimum atomic E-state index is -2.29. The number of fused-ring (bicyclic) bond motifs is 4. The Morgan fingerprint density at radius 2 is 1.75 bits per heavy atom. The van der Waals surface area contributed by atoms with Crippen LogP contribution in [0.3, 0.4) is 0 Å². The highest BCUT2D eigenvalue weighted by atomic mass is 35.5. The van der Waals surface area contributed by atoms with Gasteiger partial charge in [-0.25, -0.2) is 18.6 Å². The second-order valence-electron chi connectivity index (χ2n) is 17.1. The van der Waals surface area contributed by atoms with E-state index in [9.17, 15) is 9.90 Å². The van der Waals surface area contributed by atoms with Crippen LogP contribution in [0.15, 0.2) is 30.5 Å². The van der Waals surface area contributed by atoms with Crippen LogP contribution in [0.5, 0.6) is 5.75 Å². The summed E-state index contributed by atoms with van der Waals surface area (Å²) in [5, 5.41) is 12.8. The van der Waals surface area contributed by atoms with Crippen LogP contribution in [0.1, 0.15) is 79.9 Å². The van der Waals surface area contributed by atoms with Crippen LogP contribution < -0.4 is 9.64 Å². The number of anilines is 1. The molecule has 2 fully saturated rings. The van der Waals surface area contributed by atoms with Crippen LogP contribution in [-0.2, 0) is 9.47 Å². The zero-order valence-electron chi connectivity index (χ0n) is 34.2. The van der Waals surface area contributed by atoms with Crippen molar-refractivity contribution in [1.29, 1.82) is 0 Å². The maximum absolute atomic E-state index is 17.5. The average Bonchev–Trinajstić information content (AvgIpc) is 3.31. The number of piperazine rings is 1. The standard InChI is InChI=1S/C43H53ClF2N4O5Si/c1-23(2)56(24(3)4,25(5)6)15-14-30-33(45)13-12-27-16-29(54-22-53-11)18-31(37(27)30)39-38(46)36-26(7)40(44)48-41(32(36)19-47-39)49-20-28-17-35(51)34(21-49)50(28)42(52)55-43(8,9)10/h12-13,16,18-19,23-25,28,34-35,51H,17,20-22H2,1-11H3/t28-,34-,35-/m1/s1. The van der Waals surface area contributed by atoms with E-state index in [4.69, 9.17) is 35.8 Å². The van der Waals surface area contributed by atoms with Crippen molar-refractivity contribution in [2.75, 3.05) is 31.9 Å². The molecule has 2 aliphatic rings. The number of aliphatic hydroxyl groups excluding tert-OH is 1. The molecule has 0 unspecified atom stereocenters. The molecule has 0 saturated carbocycles. The van der Waals surface area contributed by atoms with Gasteiger partial charge in [0.25, 0.3) is 0 Å². The molecule has 9 nitrogen and oxygen atoms in total. The van der Waals surface area contributed by atoms with Gasteiger partial charge in [-0.15, -0.1) is 5.54 Å². The molecule has 300 valence electrons. The number of carbonyl (C=O) groups excluding carboxylic acids is 1. The maximum Gasteiger partial charge on any atom is 0.411 e. The second-order valence-corrected chi connectivity index (χ2v) is 23.0. The highest BCUT2D eigenvalue weighted by molar-refractivity contribution is 6.90. The highest BCUT2D eigenvalue weighted by Gasteiger charge is 2.50. The molecule has 2 bridgehead atoms. The number of amides is 1. The number of carbonyl (C=O) groups is 1. The molecule has 0 aliphatic carbocycles. The third-order valence-electron chi connectivity index (χ3n) is 11.5. The molecule has 3 atom stereocenters. The Kier molecular flexibility index (Phi) is 11.7. The van der Waals surface area contributed by atoms with E-state index in [2.05, 4.69) is 53.0 Å². The van der Waals surface area contributed by atoms with Crippen LogP contribution >= 0.6 is 11.6 Å². The quantitative estimate of drug-likeness (QED) is 0.0814. The fourth-order valence-corrected chi connectivity index (χ4v) is 14.4. The van der Waals surface area contributed by atoms with E-state index < -0.39 is 43.5 Å². The lowest BCUT2D eigenvalue weighted by Gasteiger charge is -2.42. The number of hydrogen-bond donors (Lipinski definition) is 1.